The standard InChI is InChI=1S/C16H27NO3/c1-7-12(3)14(13-10-9-11-19-13)17(8-2)15(18)20-16(4,5)6/h9-12,14H,7-8H2,1-6H3/t12-,14+/m1/s1. The average molecular weight is 281 g/mol. The van der Waals surface area contributed by atoms with Crippen LogP contribution in [-0.4, -0.2) is 23.1 Å². The summed E-state index contributed by atoms with van der Waals surface area (Å²) in [6.45, 7) is 12.4. The maximum atomic E-state index is 12.4. The minimum atomic E-state index is -0.492. The largest absolute Gasteiger partial charge is 0.467 e. The summed E-state index contributed by atoms with van der Waals surface area (Å²) >= 11 is 0. The maximum absolute atomic E-state index is 12.4. The molecule has 1 amide bonds. The molecule has 20 heavy (non-hydrogen) atoms. The van der Waals surface area contributed by atoms with Crippen molar-refractivity contribution in [2.24, 2.45) is 5.92 Å². The molecule has 0 saturated heterocycles. The molecule has 2 atom stereocenters. The van der Waals surface area contributed by atoms with E-state index in [0.717, 1.165) is 12.2 Å². The maximum Gasteiger partial charge on any atom is 0.410 e. The number of nitrogens with zero attached hydrogens (tertiary/aromatic N) is 1. The number of ether oxygens (including phenoxy) is 1. The lowest BCUT2D eigenvalue weighted by molar-refractivity contribution is 0.00807. The van der Waals surface area contributed by atoms with Crippen molar-refractivity contribution in [3.63, 3.8) is 0 Å². The first-order chi connectivity index (χ1) is 9.30. The molecule has 0 fully saturated rings. The van der Waals surface area contributed by atoms with Crippen molar-refractivity contribution in [3.8, 4) is 0 Å². The van der Waals surface area contributed by atoms with Crippen molar-refractivity contribution in [1.82, 2.24) is 4.90 Å². The summed E-state index contributed by atoms with van der Waals surface area (Å²) < 4.78 is 11.0. The van der Waals surface area contributed by atoms with Crippen molar-refractivity contribution in [2.45, 2.75) is 59.6 Å². The predicted molar refractivity (Wildman–Crippen MR) is 79.5 cm³/mol. The second-order valence-electron chi connectivity index (χ2n) is 6.11. The van der Waals surface area contributed by atoms with Crippen molar-refractivity contribution in [3.05, 3.63) is 24.2 Å². The summed E-state index contributed by atoms with van der Waals surface area (Å²) in [5.74, 6) is 1.11. The van der Waals surface area contributed by atoms with Crippen LogP contribution in [0.3, 0.4) is 0 Å². The molecule has 1 aromatic heterocycles. The molecule has 1 aromatic rings. The topological polar surface area (TPSA) is 42.7 Å². The van der Waals surface area contributed by atoms with Gasteiger partial charge in [-0.3, -0.25) is 4.90 Å². The zero-order chi connectivity index (χ0) is 15.3. The Labute approximate surface area is 122 Å². The Morgan fingerprint density at radius 3 is 2.45 bits per heavy atom. The van der Waals surface area contributed by atoms with Crippen molar-refractivity contribution >= 4 is 6.09 Å². The average Bonchev–Trinajstić information content (AvgIpc) is 2.85. The summed E-state index contributed by atoms with van der Waals surface area (Å²) in [6.07, 6.45) is 2.32. The SMILES string of the molecule is CC[C@@H](C)[C@@H](c1ccco1)N(CC)C(=O)OC(C)(C)C. The van der Waals surface area contributed by atoms with E-state index in [2.05, 4.69) is 13.8 Å². The number of furan rings is 1. The highest BCUT2D eigenvalue weighted by molar-refractivity contribution is 5.68. The van der Waals surface area contributed by atoms with Crippen LogP contribution in [0.4, 0.5) is 4.79 Å². The minimum absolute atomic E-state index is 0.0881. The molecule has 114 valence electrons. The summed E-state index contributed by atoms with van der Waals surface area (Å²) in [4.78, 5) is 14.2. The van der Waals surface area contributed by atoms with E-state index in [1.54, 1.807) is 11.2 Å². The molecule has 0 aliphatic carbocycles. The predicted octanol–water partition coefficient (Wildman–Crippen LogP) is 4.62. The van der Waals surface area contributed by atoms with Crippen LogP contribution in [0.2, 0.25) is 0 Å². The molecule has 0 spiro atoms. The molecule has 1 heterocycles. The first-order valence-electron chi connectivity index (χ1n) is 7.33. The summed E-state index contributed by atoms with van der Waals surface area (Å²) in [7, 11) is 0. The van der Waals surface area contributed by atoms with Gasteiger partial charge in [0.15, 0.2) is 0 Å². The van der Waals surface area contributed by atoms with E-state index in [0.29, 0.717) is 12.5 Å². The number of carbonyl (C=O) groups is 1. The first kappa shape index (κ1) is 16.6. The minimum Gasteiger partial charge on any atom is -0.467 e. The quantitative estimate of drug-likeness (QED) is 0.790. The van der Waals surface area contributed by atoms with E-state index in [9.17, 15) is 4.79 Å². The van der Waals surface area contributed by atoms with Gasteiger partial charge in [-0.05, 0) is 45.7 Å². The fraction of sp³-hybridized carbons (Fsp3) is 0.688. The number of carbonyl (C=O) groups excluding carboxylic acids is 1. The van der Waals surface area contributed by atoms with Gasteiger partial charge < -0.3 is 9.15 Å². The fourth-order valence-corrected chi connectivity index (χ4v) is 2.18. The third-order valence-corrected chi connectivity index (χ3v) is 3.32. The molecule has 0 unspecified atom stereocenters. The van der Waals surface area contributed by atoms with E-state index >= 15 is 0 Å². The van der Waals surface area contributed by atoms with Crippen LogP contribution >= 0.6 is 0 Å². The van der Waals surface area contributed by atoms with Crippen LogP contribution < -0.4 is 0 Å². The molecule has 0 aliphatic rings. The number of hydrogen-bond donors (Lipinski definition) is 0. The van der Waals surface area contributed by atoms with Crippen molar-refractivity contribution in [2.75, 3.05) is 6.54 Å². The van der Waals surface area contributed by atoms with E-state index < -0.39 is 5.60 Å². The molecular weight excluding hydrogens is 254 g/mol. The van der Waals surface area contributed by atoms with E-state index in [1.165, 1.54) is 0 Å². The van der Waals surface area contributed by atoms with Crippen LogP contribution in [0.25, 0.3) is 0 Å². The molecule has 4 heteroatoms. The lowest BCUT2D eigenvalue weighted by Gasteiger charge is -2.34. The Balaban J connectivity index is 3.00. The highest BCUT2D eigenvalue weighted by Crippen LogP contribution is 2.32. The molecule has 0 N–H and O–H groups in total. The number of rotatable bonds is 5. The van der Waals surface area contributed by atoms with Gasteiger partial charge in [0.2, 0.25) is 0 Å². The molecule has 0 saturated carbocycles. The van der Waals surface area contributed by atoms with Crippen LogP contribution in [0.5, 0.6) is 0 Å². The van der Waals surface area contributed by atoms with Crippen LogP contribution in [0.15, 0.2) is 22.8 Å². The molecule has 4 nitrogen and oxygen atoms in total. The molecule has 0 radical (unpaired) electrons. The van der Waals surface area contributed by atoms with Crippen LogP contribution in [-0.2, 0) is 4.74 Å². The van der Waals surface area contributed by atoms with Crippen molar-refractivity contribution in [1.29, 1.82) is 0 Å². The van der Waals surface area contributed by atoms with Gasteiger partial charge in [-0.25, -0.2) is 4.79 Å². The Bertz CT molecular complexity index is 406. The Morgan fingerprint density at radius 2 is 2.05 bits per heavy atom. The highest BCUT2D eigenvalue weighted by atomic mass is 16.6. The first-order valence-corrected chi connectivity index (χ1v) is 7.33. The fourth-order valence-electron chi connectivity index (χ4n) is 2.18. The Kier molecular flexibility index (Phi) is 5.66. The number of amides is 1. The van der Waals surface area contributed by atoms with Gasteiger partial charge in [-0.1, -0.05) is 20.3 Å². The Morgan fingerprint density at radius 1 is 1.40 bits per heavy atom. The lowest BCUT2D eigenvalue weighted by Crippen LogP contribution is -2.41. The third-order valence-electron chi connectivity index (χ3n) is 3.32. The van der Waals surface area contributed by atoms with Crippen LogP contribution in [0, 0.1) is 5.92 Å². The summed E-state index contributed by atoms with van der Waals surface area (Å²) in [5, 5.41) is 0. The molecule has 1 rings (SSSR count). The van der Waals surface area contributed by atoms with Crippen LogP contribution in [0.1, 0.15) is 59.8 Å². The molecule has 0 bridgehead atoms. The normalized spacial score (nSPS) is 14.7. The second-order valence-corrected chi connectivity index (χ2v) is 6.11. The smallest absolute Gasteiger partial charge is 0.410 e. The zero-order valence-corrected chi connectivity index (χ0v) is 13.5. The summed E-state index contributed by atoms with van der Waals surface area (Å²) in [6, 6.07) is 3.69. The molecule has 0 aliphatic heterocycles. The van der Waals surface area contributed by atoms with Gasteiger partial charge in [-0.15, -0.1) is 0 Å². The van der Waals surface area contributed by atoms with E-state index in [-0.39, 0.29) is 12.1 Å². The van der Waals surface area contributed by atoms with Crippen molar-refractivity contribution < 1.29 is 13.9 Å². The molecular formula is C16H27NO3. The highest BCUT2D eigenvalue weighted by Gasteiger charge is 2.32. The van der Waals surface area contributed by atoms with Gasteiger partial charge in [0.25, 0.3) is 0 Å². The lowest BCUT2D eigenvalue weighted by atomic mass is 9.95. The Hall–Kier alpha value is -1.45. The van der Waals surface area contributed by atoms with E-state index in [1.807, 2.05) is 39.8 Å². The number of hydrogen-bond acceptors (Lipinski definition) is 3. The van der Waals surface area contributed by atoms with Gasteiger partial charge >= 0.3 is 6.09 Å². The van der Waals surface area contributed by atoms with Gasteiger partial charge in [0, 0.05) is 6.54 Å². The second kappa shape index (κ2) is 6.82. The third kappa shape index (κ3) is 4.29. The summed E-state index contributed by atoms with van der Waals surface area (Å²) in [5.41, 5.74) is -0.492. The zero-order valence-electron chi connectivity index (χ0n) is 13.5. The van der Waals surface area contributed by atoms with E-state index in [4.69, 9.17) is 9.15 Å². The van der Waals surface area contributed by atoms with Gasteiger partial charge in [-0.2, -0.15) is 0 Å². The monoisotopic (exact) mass is 281 g/mol. The molecule has 0 aromatic carbocycles. The van der Waals surface area contributed by atoms with Gasteiger partial charge in [0.05, 0.1) is 12.3 Å². The van der Waals surface area contributed by atoms with Gasteiger partial charge in [0.1, 0.15) is 11.4 Å².